The van der Waals surface area contributed by atoms with Crippen LogP contribution in [0.5, 0.6) is 0 Å². The molecule has 3 rings (SSSR count). The van der Waals surface area contributed by atoms with E-state index in [9.17, 15) is 0 Å². The zero-order valence-corrected chi connectivity index (χ0v) is 13.1. The highest BCUT2D eigenvalue weighted by Crippen LogP contribution is 2.42. The van der Waals surface area contributed by atoms with Crippen LogP contribution in [0.25, 0.3) is 0 Å². The van der Waals surface area contributed by atoms with Crippen molar-refractivity contribution in [3.8, 4) is 0 Å². The molecule has 110 valence electrons. The Hall–Kier alpha value is -0.0800. The van der Waals surface area contributed by atoms with Crippen LogP contribution in [-0.4, -0.2) is 35.6 Å². The molecule has 2 heteroatoms. The normalized spacial score (nSPS) is 45.3. The van der Waals surface area contributed by atoms with Gasteiger partial charge < -0.3 is 5.32 Å². The molecule has 2 saturated carbocycles. The molecule has 1 aliphatic heterocycles. The molecule has 0 bridgehead atoms. The van der Waals surface area contributed by atoms with Gasteiger partial charge in [0, 0.05) is 30.7 Å². The minimum Gasteiger partial charge on any atom is -0.308 e. The second kappa shape index (κ2) is 5.37. The molecule has 19 heavy (non-hydrogen) atoms. The van der Waals surface area contributed by atoms with Gasteiger partial charge >= 0.3 is 0 Å². The van der Waals surface area contributed by atoms with Gasteiger partial charge in [-0.3, -0.25) is 4.90 Å². The molecule has 3 fully saturated rings. The lowest BCUT2D eigenvalue weighted by atomic mass is 9.81. The Bertz CT molecular complexity index is 304. The highest BCUT2D eigenvalue weighted by atomic mass is 15.3. The predicted molar refractivity (Wildman–Crippen MR) is 81.3 cm³/mol. The summed E-state index contributed by atoms with van der Waals surface area (Å²) in [7, 11) is 0. The largest absolute Gasteiger partial charge is 0.308 e. The van der Waals surface area contributed by atoms with Crippen molar-refractivity contribution in [2.24, 2.45) is 11.8 Å². The third-order valence-electron chi connectivity index (χ3n) is 6.22. The second-order valence-electron chi connectivity index (χ2n) is 7.68. The Morgan fingerprint density at radius 3 is 2.37 bits per heavy atom. The molecule has 1 N–H and O–H groups in total. The van der Waals surface area contributed by atoms with Crippen LogP contribution in [0.3, 0.4) is 0 Å². The van der Waals surface area contributed by atoms with Gasteiger partial charge in [0.1, 0.15) is 0 Å². The standard InChI is InChI=1S/C17H32N2/c1-4-14-5-9-16(10-6-14)19-12-17(3,15-7-8-15)18-11-13(19)2/h13-16,18H,4-12H2,1-3H3. The summed E-state index contributed by atoms with van der Waals surface area (Å²) in [5, 5.41) is 3.85. The van der Waals surface area contributed by atoms with Crippen molar-refractivity contribution >= 4 is 0 Å². The summed E-state index contributed by atoms with van der Waals surface area (Å²) in [5.41, 5.74) is 0.411. The molecular formula is C17H32N2. The average Bonchev–Trinajstić information content (AvgIpc) is 3.27. The molecule has 1 saturated heterocycles. The number of hydrogen-bond acceptors (Lipinski definition) is 2. The molecule has 2 aliphatic carbocycles. The quantitative estimate of drug-likeness (QED) is 0.840. The molecule has 3 aliphatic rings. The minimum absolute atomic E-state index is 0.411. The molecular weight excluding hydrogens is 232 g/mol. The number of rotatable bonds is 3. The summed E-state index contributed by atoms with van der Waals surface area (Å²) >= 11 is 0. The van der Waals surface area contributed by atoms with Gasteiger partial charge in [-0.15, -0.1) is 0 Å². The summed E-state index contributed by atoms with van der Waals surface area (Å²) in [6.07, 6.45) is 10.1. The topological polar surface area (TPSA) is 15.3 Å². The van der Waals surface area contributed by atoms with E-state index in [-0.39, 0.29) is 0 Å². The Labute approximate surface area is 119 Å². The monoisotopic (exact) mass is 264 g/mol. The van der Waals surface area contributed by atoms with Crippen LogP contribution in [-0.2, 0) is 0 Å². The van der Waals surface area contributed by atoms with Crippen LogP contribution in [0, 0.1) is 11.8 Å². The summed E-state index contributed by atoms with van der Waals surface area (Å²) in [4.78, 5) is 2.86. The molecule has 2 nitrogen and oxygen atoms in total. The van der Waals surface area contributed by atoms with E-state index < -0.39 is 0 Å². The molecule has 0 aromatic carbocycles. The predicted octanol–water partition coefficient (Wildman–Crippen LogP) is 3.42. The molecule has 0 amide bonds. The first-order chi connectivity index (χ1) is 9.12. The summed E-state index contributed by atoms with van der Waals surface area (Å²) in [6, 6.07) is 1.60. The van der Waals surface area contributed by atoms with Gasteiger partial charge in [0.2, 0.25) is 0 Å². The summed E-state index contributed by atoms with van der Waals surface area (Å²) in [5.74, 6) is 1.97. The highest BCUT2D eigenvalue weighted by molar-refractivity contribution is 5.04. The van der Waals surface area contributed by atoms with E-state index in [1.165, 1.54) is 58.0 Å². The first-order valence-corrected chi connectivity index (χ1v) is 8.63. The SMILES string of the molecule is CCC1CCC(N2CC(C)(C3CC3)NCC2C)CC1. The van der Waals surface area contributed by atoms with Crippen molar-refractivity contribution in [1.82, 2.24) is 10.2 Å². The van der Waals surface area contributed by atoms with Crippen LogP contribution < -0.4 is 5.32 Å². The zero-order chi connectivity index (χ0) is 13.5. The lowest BCUT2D eigenvalue weighted by molar-refractivity contribution is 0.0253. The van der Waals surface area contributed by atoms with E-state index in [1.54, 1.807) is 0 Å². The lowest BCUT2D eigenvalue weighted by Gasteiger charge is -2.50. The van der Waals surface area contributed by atoms with Gasteiger partial charge in [-0.2, -0.15) is 0 Å². The van der Waals surface area contributed by atoms with Crippen LogP contribution >= 0.6 is 0 Å². The van der Waals surface area contributed by atoms with Crippen molar-refractivity contribution in [3.05, 3.63) is 0 Å². The first kappa shape index (κ1) is 13.9. The van der Waals surface area contributed by atoms with Crippen molar-refractivity contribution < 1.29 is 0 Å². The molecule has 0 aromatic rings. The Morgan fingerprint density at radius 1 is 1.11 bits per heavy atom. The maximum atomic E-state index is 3.85. The fraction of sp³-hybridized carbons (Fsp3) is 1.00. The van der Waals surface area contributed by atoms with Crippen molar-refractivity contribution in [3.63, 3.8) is 0 Å². The molecule has 0 spiro atoms. The smallest absolute Gasteiger partial charge is 0.0309 e. The van der Waals surface area contributed by atoms with E-state index in [4.69, 9.17) is 0 Å². The Kier molecular flexibility index (Phi) is 3.92. The molecule has 2 unspecified atom stereocenters. The van der Waals surface area contributed by atoms with Gasteiger partial charge in [0.25, 0.3) is 0 Å². The van der Waals surface area contributed by atoms with E-state index in [1.807, 2.05) is 0 Å². The summed E-state index contributed by atoms with van der Waals surface area (Å²) in [6.45, 7) is 9.75. The maximum absolute atomic E-state index is 3.85. The highest BCUT2D eigenvalue weighted by Gasteiger charge is 2.46. The fourth-order valence-electron chi connectivity index (χ4n) is 4.46. The summed E-state index contributed by atoms with van der Waals surface area (Å²) < 4.78 is 0. The van der Waals surface area contributed by atoms with Gasteiger partial charge in [-0.05, 0) is 64.2 Å². The minimum atomic E-state index is 0.411. The number of hydrogen-bond donors (Lipinski definition) is 1. The Morgan fingerprint density at radius 2 is 1.79 bits per heavy atom. The van der Waals surface area contributed by atoms with E-state index in [0.29, 0.717) is 5.54 Å². The van der Waals surface area contributed by atoms with Gasteiger partial charge in [-0.25, -0.2) is 0 Å². The van der Waals surface area contributed by atoms with E-state index >= 15 is 0 Å². The third kappa shape index (κ3) is 2.85. The molecule has 0 aromatic heterocycles. The second-order valence-corrected chi connectivity index (χ2v) is 7.68. The maximum Gasteiger partial charge on any atom is 0.0309 e. The number of nitrogens with zero attached hydrogens (tertiary/aromatic N) is 1. The van der Waals surface area contributed by atoms with E-state index in [0.717, 1.165) is 23.9 Å². The van der Waals surface area contributed by atoms with Gasteiger partial charge in [0.05, 0.1) is 0 Å². The molecule has 1 heterocycles. The van der Waals surface area contributed by atoms with Crippen LogP contribution in [0.15, 0.2) is 0 Å². The third-order valence-corrected chi connectivity index (χ3v) is 6.22. The van der Waals surface area contributed by atoms with Crippen LogP contribution in [0.4, 0.5) is 0 Å². The molecule has 2 atom stereocenters. The lowest BCUT2D eigenvalue weighted by Crippen LogP contribution is -2.65. The van der Waals surface area contributed by atoms with Crippen molar-refractivity contribution in [1.29, 1.82) is 0 Å². The number of piperazine rings is 1. The van der Waals surface area contributed by atoms with Crippen LogP contribution in [0.2, 0.25) is 0 Å². The first-order valence-electron chi connectivity index (χ1n) is 8.63. The van der Waals surface area contributed by atoms with Gasteiger partial charge in [0.15, 0.2) is 0 Å². The van der Waals surface area contributed by atoms with E-state index in [2.05, 4.69) is 31.0 Å². The van der Waals surface area contributed by atoms with Crippen molar-refractivity contribution in [2.45, 2.75) is 83.3 Å². The fourth-order valence-corrected chi connectivity index (χ4v) is 4.46. The number of nitrogens with one attached hydrogen (secondary N) is 1. The Balaban J connectivity index is 1.62. The van der Waals surface area contributed by atoms with Crippen LogP contribution in [0.1, 0.15) is 65.7 Å². The van der Waals surface area contributed by atoms with Gasteiger partial charge in [-0.1, -0.05) is 13.3 Å². The average molecular weight is 264 g/mol. The molecule has 0 radical (unpaired) electrons. The van der Waals surface area contributed by atoms with Crippen molar-refractivity contribution in [2.75, 3.05) is 13.1 Å². The zero-order valence-electron chi connectivity index (χ0n) is 13.1.